The third-order valence-electron chi connectivity index (χ3n) is 2.27. The van der Waals surface area contributed by atoms with Crippen LogP contribution in [0.1, 0.15) is 5.56 Å². The van der Waals surface area contributed by atoms with Crippen molar-refractivity contribution in [2.45, 2.75) is 6.54 Å². The van der Waals surface area contributed by atoms with Gasteiger partial charge in [-0.05, 0) is 27.6 Å². The highest BCUT2D eigenvalue weighted by molar-refractivity contribution is 9.10. The van der Waals surface area contributed by atoms with Crippen LogP contribution >= 0.6 is 27.5 Å². The molecule has 2 N–H and O–H groups in total. The second-order valence-electron chi connectivity index (χ2n) is 3.50. The van der Waals surface area contributed by atoms with E-state index in [2.05, 4.69) is 20.9 Å². The van der Waals surface area contributed by atoms with Crippen molar-refractivity contribution in [3.05, 3.63) is 56.1 Å². The van der Waals surface area contributed by atoms with E-state index in [4.69, 9.17) is 17.3 Å². The minimum atomic E-state index is -0.344. The second-order valence-corrected chi connectivity index (χ2v) is 4.73. The molecule has 0 radical (unpaired) electrons. The van der Waals surface area contributed by atoms with Crippen LogP contribution < -0.4 is 11.4 Å². The molecule has 1 heterocycles. The average Bonchev–Trinajstić information content (AvgIpc) is 2.30. The van der Waals surface area contributed by atoms with Crippen molar-refractivity contribution in [2.75, 3.05) is 5.73 Å². The maximum Gasteiger partial charge on any atom is 0.347 e. The third-order valence-corrected chi connectivity index (χ3v) is 3.43. The van der Waals surface area contributed by atoms with Crippen LogP contribution in [-0.4, -0.2) is 9.55 Å². The van der Waals surface area contributed by atoms with E-state index in [1.165, 1.54) is 10.8 Å². The highest BCUT2D eigenvalue weighted by atomic mass is 79.9. The highest BCUT2D eigenvalue weighted by Gasteiger charge is 2.05. The van der Waals surface area contributed by atoms with Gasteiger partial charge in [0.25, 0.3) is 0 Å². The maximum atomic E-state index is 11.5. The van der Waals surface area contributed by atoms with Gasteiger partial charge in [-0.1, -0.05) is 23.7 Å². The van der Waals surface area contributed by atoms with Crippen LogP contribution in [-0.2, 0) is 6.54 Å². The van der Waals surface area contributed by atoms with Gasteiger partial charge in [0.2, 0.25) is 0 Å². The quantitative estimate of drug-likeness (QED) is 0.865. The summed E-state index contributed by atoms with van der Waals surface area (Å²) in [6, 6.07) is 5.50. The Morgan fingerprint density at radius 1 is 1.47 bits per heavy atom. The van der Waals surface area contributed by atoms with Gasteiger partial charge < -0.3 is 5.73 Å². The number of nitrogen functional groups attached to an aromatic ring is 1. The molecule has 0 spiro atoms. The van der Waals surface area contributed by atoms with Crippen molar-refractivity contribution in [3.63, 3.8) is 0 Å². The number of nitrogens with zero attached hydrogens (tertiary/aromatic N) is 2. The monoisotopic (exact) mass is 313 g/mol. The van der Waals surface area contributed by atoms with Crippen molar-refractivity contribution in [1.82, 2.24) is 9.55 Å². The van der Waals surface area contributed by atoms with Crippen LogP contribution in [0.3, 0.4) is 0 Å². The van der Waals surface area contributed by atoms with E-state index in [0.29, 0.717) is 17.3 Å². The molecular weight excluding hydrogens is 305 g/mol. The Balaban J connectivity index is 2.41. The smallest absolute Gasteiger partial charge is 0.347 e. The zero-order chi connectivity index (χ0) is 12.4. The molecule has 0 fully saturated rings. The molecule has 0 aliphatic carbocycles. The first-order valence-corrected chi connectivity index (χ1v) is 6.00. The molecule has 0 saturated carbocycles. The molecule has 17 heavy (non-hydrogen) atoms. The highest BCUT2D eigenvalue weighted by Crippen LogP contribution is 2.24. The molecule has 0 aliphatic rings. The summed E-state index contributed by atoms with van der Waals surface area (Å²) in [5.74, 6) is 0. The molecule has 1 aromatic carbocycles. The minimum Gasteiger partial charge on any atom is -0.398 e. The predicted molar refractivity (Wildman–Crippen MR) is 71.2 cm³/mol. The van der Waals surface area contributed by atoms with E-state index in [-0.39, 0.29) is 5.69 Å². The molecule has 0 unspecified atom stereocenters. The SMILES string of the molecule is Nc1cccc(Cn2cc(Cl)cnc2=O)c1Br. The second kappa shape index (κ2) is 4.89. The predicted octanol–water partition coefficient (Wildman–Crippen LogP) is 2.29. The average molecular weight is 315 g/mol. The van der Waals surface area contributed by atoms with E-state index in [9.17, 15) is 4.79 Å². The Labute approximate surface area is 111 Å². The van der Waals surface area contributed by atoms with Crippen molar-refractivity contribution >= 4 is 33.2 Å². The third kappa shape index (κ3) is 2.68. The number of nitrogens with two attached hydrogens (primary N) is 1. The molecule has 1 aromatic heterocycles. The van der Waals surface area contributed by atoms with Gasteiger partial charge in [-0.3, -0.25) is 4.57 Å². The molecule has 2 rings (SSSR count). The Morgan fingerprint density at radius 2 is 2.24 bits per heavy atom. The zero-order valence-corrected chi connectivity index (χ0v) is 11.1. The maximum absolute atomic E-state index is 11.5. The lowest BCUT2D eigenvalue weighted by atomic mass is 10.2. The van der Waals surface area contributed by atoms with Crippen LogP contribution in [0.4, 0.5) is 5.69 Å². The van der Waals surface area contributed by atoms with Crippen molar-refractivity contribution in [3.8, 4) is 0 Å². The molecule has 88 valence electrons. The van der Waals surface area contributed by atoms with E-state index < -0.39 is 0 Å². The summed E-state index contributed by atoms with van der Waals surface area (Å²) in [5, 5.41) is 0.421. The molecular formula is C11H9BrClN3O. The fraction of sp³-hybridized carbons (Fsp3) is 0.0909. The Morgan fingerprint density at radius 3 is 3.00 bits per heavy atom. The molecule has 0 aliphatic heterocycles. The van der Waals surface area contributed by atoms with E-state index in [1.54, 1.807) is 12.3 Å². The van der Waals surface area contributed by atoms with Crippen molar-refractivity contribution < 1.29 is 0 Å². The Hall–Kier alpha value is -1.33. The van der Waals surface area contributed by atoms with Gasteiger partial charge in [0.05, 0.1) is 17.8 Å². The lowest BCUT2D eigenvalue weighted by Gasteiger charge is -2.08. The number of benzene rings is 1. The number of halogens is 2. The van der Waals surface area contributed by atoms with Gasteiger partial charge in [0, 0.05) is 16.4 Å². The van der Waals surface area contributed by atoms with Gasteiger partial charge in [-0.25, -0.2) is 9.78 Å². The van der Waals surface area contributed by atoms with Crippen molar-refractivity contribution in [1.29, 1.82) is 0 Å². The first-order chi connectivity index (χ1) is 8.08. The molecule has 0 bridgehead atoms. The Bertz CT molecular complexity index is 612. The molecule has 0 saturated heterocycles. The van der Waals surface area contributed by atoms with E-state index in [0.717, 1.165) is 10.0 Å². The fourth-order valence-corrected chi connectivity index (χ4v) is 2.00. The number of rotatable bonds is 2. The van der Waals surface area contributed by atoms with Gasteiger partial charge in [0.15, 0.2) is 0 Å². The molecule has 0 atom stereocenters. The van der Waals surface area contributed by atoms with Crippen LogP contribution in [0.5, 0.6) is 0 Å². The zero-order valence-electron chi connectivity index (χ0n) is 8.73. The number of aromatic nitrogens is 2. The molecule has 0 amide bonds. The fourth-order valence-electron chi connectivity index (χ4n) is 1.45. The number of anilines is 1. The first-order valence-electron chi connectivity index (χ1n) is 4.83. The van der Waals surface area contributed by atoms with Crippen molar-refractivity contribution in [2.24, 2.45) is 0 Å². The number of hydrogen-bond donors (Lipinski definition) is 1. The normalized spacial score (nSPS) is 10.5. The lowest BCUT2D eigenvalue weighted by molar-refractivity contribution is 0.725. The van der Waals surface area contributed by atoms with Crippen LogP contribution in [0.2, 0.25) is 5.02 Å². The van der Waals surface area contributed by atoms with E-state index in [1.807, 2.05) is 12.1 Å². The van der Waals surface area contributed by atoms with Crippen LogP contribution in [0.25, 0.3) is 0 Å². The molecule has 6 heteroatoms. The first kappa shape index (κ1) is 12.1. The summed E-state index contributed by atoms with van der Waals surface area (Å²) in [6.07, 6.45) is 2.88. The summed E-state index contributed by atoms with van der Waals surface area (Å²) in [4.78, 5) is 15.2. The topological polar surface area (TPSA) is 60.9 Å². The Kier molecular flexibility index (Phi) is 3.49. The standard InChI is InChI=1S/C11H9BrClN3O/c12-10-7(2-1-3-9(10)14)5-16-6-8(13)4-15-11(16)17/h1-4,6H,5,14H2. The molecule has 4 nitrogen and oxygen atoms in total. The van der Waals surface area contributed by atoms with Crippen LogP contribution in [0, 0.1) is 0 Å². The largest absolute Gasteiger partial charge is 0.398 e. The summed E-state index contributed by atoms with van der Waals surface area (Å²) in [7, 11) is 0. The van der Waals surface area contributed by atoms with Gasteiger partial charge in [0.1, 0.15) is 0 Å². The molecule has 2 aromatic rings. The minimum absolute atomic E-state index is 0.344. The summed E-state index contributed by atoms with van der Waals surface area (Å²) in [5.41, 5.74) is 6.95. The lowest BCUT2D eigenvalue weighted by Crippen LogP contribution is -2.22. The van der Waals surface area contributed by atoms with Crippen LogP contribution in [0.15, 0.2) is 39.9 Å². The summed E-state index contributed by atoms with van der Waals surface area (Å²) < 4.78 is 2.22. The van der Waals surface area contributed by atoms with Gasteiger partial charge in [-0.2, -0.15) is 0 Å². The summed E-state index contributed by atoms with van der Waals surface area (Å²) in [6.45, 7) is 0.373. The van der Waals surface area contributed by atoms with Gasteiger partial charge >= 0.3 is 5.69 Å². The number of hydrogen-bond acceptors (Lipinski definition) is 3. The van der Waals surface area contributed by atoms with Gasteiger partial charge in [-0.15, -0.1) is 0 Å². The van der Waals surface area contributed by atoms with E-state index >= 15 is 0 Å². The summed E-state index contributed by atoms with van der Waals surface area (Å²) >= 11 is 9.18.